The number of ether oxygens (including phenoxy) is 1. The highest BCUT2D eigenvalue weighted by atomic mass is 16.5. The van der Waals surface area contributed by atoms with Gasteiger partial charge in [0.2, 0.25) is 0 Å². The van der Waals surface area contributed by atoms with Crippen molar-refractivity contribution in [2.75, 3.05) is 7.11 Å². The first-order chi connectivity index (χ1) is 6.74. The average molecular weight is 195 g/mol. The number of esters is 1. The second-order valence-corrected chi connectivity index (χ2v) is 2.78. The predicted octanol–water partition coefficient (Wildman–Crippen LogP) is 2.21. The Morgan fingerprint density at radius 1 is 1.43 bits per heavy atom. The molecular formula is C11H17NO2. The van der Waals surface area contributed by atoms with E-state index >= 15 is 0 Å². The maximum atomic E-state index is 10.7. The van der Waals surface area contributed by atoms with Crippen LogP contribution in [0.5, 0.6) is 0 Å². The van der Waals surface area contributed by atoms with Gasteiger partial charge in [-0.25, -0.2) is 0 Å². The summed E-state index contributed by atoms with van der Waals surface area (Å²) < 4.78 is 4.48. The number of hydrogen-bond acceptors (Lipinski definition) is 3. The fraction of sp³-hybridized carbons (Fsp3) is 0.455. The van der Waals surface area contributed by atoms with E-state index in [4.69, 9.17) is 0 Å². The zero-order valence-electron chi connectivity index (χ0n) is 8.99. The quantitative estimate of drug-likeness (QED) is 0.679. The second-order valence-electron chi connectivity index (χ2n) is 2.78. The number of aromatic nitrogens is 1. The van der Waals surface area contributed by atoms with E-state index in [-0.39, 0.29) is 12.4 Å². The largest absolute Gasteiger partial charge is 0.469 e. The van der Waals surface area contributed by atoms with Crippen molar-refractivity contribution >= 4 is 5.97 Å². The number of rotatable bonds is 2. The topological polar surface area (TPSA) is 39.2 Å². The van der Waals surface area contributed by atoms with Crippen molar-refractivity contribution in [2.45, 2.75) is 26.7 Å². The number of methoxy groups -OCH3 is 1. The van der Waals surface area contributed by atoms with Crippen LogP contribution in [0.25, 0.3) is 0 Å². The molecule has 0 fully saturated rings. The van der Waals surface area contributed by atoms with Gasteiger partial charge in [0.05, 0.1) is 19.2 Å². The lowest BCUT2D eigenvalue weighted by atomic mass is 10.3. The molecule has 0 atom stereocenters. The van der Waals surface area contributed by atoms with E-state index in [1.807, 2.05) is 6.07 Å². The smallest absolute Gasteiger partial charge is 0.311 e. The van der Waals surface area contributed by atoms with E-state index in [1.54, 1.807) is 18.3 Å². The number of carbonyl (C=O) groups excluding carboxylic acids is 1. The fourth-order valence-electron chi connectivity index (χ4n) is 0.723. The molecular weight excluding hydrogens is 178 g/mol. The van der Waals surface area contributed by atoms with Crippen LogP contribution in [-0.2, 0) is 16.0 Å². The Bertz CT molecular complexity index is 247. The van der Waals surface area contributed by atoms with Crippen molar-refractivity contribution in [1.82, 2.24) is 4.98 Å². The van der Waals surface area contributed by atoms with Crippen molar-refractivity contribution in [2.24, 2.45) is 0 Å². The molecule has 0 aliphatic heterocycles. The molecule has 0 spiro atoms. The number of carbonyl (C=O) groups is 1. The lowest BCUT2D eigenvalue weighted by Gasteiger charge is -1.96. The molecule has 0 aromatic carbocycles. The van der Waals surface area contributed by atoms with Crippen molar-refractivity contribution in [3.8, 4) is 0 Å². The molecule has 14 heavy (non-hydrogen) atoms. The first-order valence-corrected chi connectivity index (χ1v) is 4.71. The lowest BCUT2D eigenvalue weighted by Crippen LogP contribution is -2.05. The highest BCUT2D eigenvalue weighted by Gasteiger charge is 2.01. The summed E-state index contributed by atoms with van der Waals surface area (Å²) in [6.45, 7) is 4.25. The summed E-state index contributed by atoms with van der Waals surface area (Å²) in [7, 11) is 1.37. The third-order valence-corrected chi connectivity index (χ3v) is 1.28. The zero-order valence-corrected chi connectivity index (χ0v) is 8.99. The van der Waals surface area contributed by atoms with Gasteiger partial charge in [0.15, 0.2) is 0 Å². The van der Waals surface area contributed by atoms with E-state index in [9.17, 15) is 4.79 Å². The predicted molar refractivity (Wildman–Crippen MR) is 55.9 cm³/mol. The van der Waals surface area contributed by atoms with Gasteiger partial charge in [-0.1, -0.05) is 26.3 Å². The van der Waals surface area contributed by atoms with Gasteiger partial charge < -0.3 is 4.74 Å². The summed E-state index contributed by atoms with van der Waals surface area (Å²) in [5, 5.41) is 0. The van der Waals surface area contributed by atoms with Crippen LogP contribution >= 0.6 is 0 Å². The Morgan fingerprint density at radius 2 is 2.07 bits per heavy atom. The molecule has 1 aromatic heterocycles. The molecule has 0 amide bonds. The summed E-state index contributed by atoms with van der Waals surface area (Å²) >= 11 is 0. The van der Waals surface area contributed by atoms with Crippen LogP contribution in [0.1, 0.15) is 26.0 Å². The molecule has 0 saturated carbocycles. The molecule has 0 radical (unpaired) electrons. The normalized spacial score (nSPS) is 8.50. The van der Waals surface area contributed by atoms with Gasteiger partial charge in [-0.3, -0.25) is 9.78 Å². The van der Waals surface area contributed by atoms with Gasteiger partial charge in [0.1, 0.15) is 0 Å². The Balaban J connectivity index is 0.000000500. The Morgan fingerprint density at radius 3 is 2.50 bits per heavy atom. The number of pyridine rings is 1. The Hall–Kier alpha value is -1.38. The highest BCUT2D eigenvalue weighted by Crippen LogP contribution is 1.94. The molecule has 1 heterocycles. The van der Waals surface area contributed by atoms with Crippen molar-refractivity contribution < 1.29 is 9.53 Å². The van der Waals surface area contributed by atoms with Gasteiger partial charge in [-0.05, 0) is 12.1 Å². The molecule has 0 bridgehead atoms. The second kappa shape index (κ2) is 8.23. The van der Waals surface area contributed by atoms with Gasteiger partial charge in [-0.2, -0.15) is 0 Å². The summed E-state index contributed by atoms with van der Waals surface area (Å²) in [6.07, 6.45) is 3.15. The SMILES string of the molecule is CCC.COC(=O)Cc1ccccn1. The monoisotopic (exact) mass is 195 g/mol. The van der Waals surface area contributed by atoms with E-state index in [0.29, 0.717) is 0 Å². The molecule has 1 rings (SSSR count). The van der Waals surface area contributed by atoms with Crippen LogP contribution < -0.4 is 0 Å². The molecule has 0 aliphatic rings. The third-order valence-electron chi connectivity index (χ3n) is 1.28. The minimum atomic E-state index is -0.260. The van der Waals surface area contributed by atoms with Crippen LogP contribution in [0.15, 0.2) is 24.4 Å². The zero-order chi connectivity index (χ0) is 10.8. The Labute approximate surface area is 85.1 Å². The molecule has 0 aliphatic carbocycles. The van der Waals surface area contributed by atoms with Crippen LogP contribution in [0, 0.1) is 0 Å². The average Bonchev–Trinajstić information content (AvgIpc) is 2.20. The number of hydrogen-bond donors (Lipinski definition) is 0. The fourth-order valence-corrected chi connectivity index (χ4v) is 0.723. The number of nitrogens with zero attached hydrogens (tertiary/aromatic N) is 1. The van der Waals surface area contributed by atoms with E-state index in [1.165, 1.54) is 13.5 Å². The van der Waals surface area contributed by atoms with Crippen LogP contribution in [0.3, 0.4) is 0 Å². The van der Waals surface area contributed by atoms with Crippen molar-refractivity contribution in [3.63, 3.8) is 0 Å². The summed E-state index contributed by atoms with van der Waals surface area (Å²) in [5.41, 5.74) is 0.736. The third kappa shape index (κ3) is 6.17. The first kappa shape index (κ1) is 12.6. The molecule has 0 N–H and O–H groups in total. The van der Waals surface area contributed by atoms with Gasteiger partial charge in [0, 0.05) is 6.20 Å². The van der Waals surface area contributed by atoms with Crippen LogP contribution in [0.4, 0.5) is 0 Å². The van der Waals surface area contributed by atoms with Gasteiger partial charge in [-0.15, -0.1) is 0 Å². The van der Waals surface area contributed by atoms with E-state index in [2.05, 4.69) is 23.6 Å². The van der Waals surface area contributed by atoms with Gasteiger partial charge >= 0.3 is 5.97 Å². The van der Waals surface area contributed by atoms with Crippen LogP contribution in [-0.4, -0.2) is 18.1 Å². The molecule has 0 saturated heterocycles. The van der Waals surface area contributed by atoms with Gasteiger partial charge in [0.25, 0.3) is 0 Å². The molecule has 3 nitrogen and oxygen atoms in total. The Kier molecular flexibility index (Phi) is 7.42. The van der Waals surface area contributed by atoms with Crippen molar-refractivity contribution in [3.05, 3.63) is 30.1 Å². The van der Waals surface area contributed by atoms with E-state index < -0.39 is 0 Å². The minimum absolute atomic E-state index is 0.247. The van der Waals surface area contributed by atoms with Crippen LogP contribution in [0.2, 0.25) is 0 Å². The van der Waals surface area contributed by atoms with Crippen molar-refractivity contribution in [1.29, 1.82) is 0 Å². The van der Waals surface area contributed by atoms with E-state index in [0.717, 1.165) is 5.69 Å². The minimum Gasteiger partial charge on any atom is -0.469 e. The first-order valence-electron chi connectivity index (χ1n) is 4.71. The molecule has 0 unspecified atom stereocenters. The maximum Gasteiger partial charge on any atom is 0.311 e. The molecule has 1 aromatic rings. The highest BCUT2D eigenvalue weighted by molar-refractivity contribution is 5.71. The molecule has 78 valence electrons. The lowest BCUT2D eigenvalue weighted by molar-refractivity contribution is -0.139. The summed E-state index contributed by atoms with van der Waals surface area (Å²) in [4.78, 5) is 14.7. The molecule has 3 heteroatoms. The standard InChI is InChI=1S/C8H9NO2.C3H8/c1-11-8(10)6-7-4-2-3-5-9-7;1-3-2/h2-5H,6H2,1H3;3H2,1-2H3. The summed E-state index contributed by atoms with van der Waals surface area (Å²) in [6, 6.07) is 5.43. The summed E-state index contributed by atoms with van der Waals surface area (Å²) in [5.74, 6) is -0.260. The maximum absolute atomic E-state index is 10.7.